The highest BCUT2D eigenvalue weighted by atomic mass is 16.7. The molecule has 1 aliphatic heterocycles. The molecule has 0 bridgehead atoms. The highest BCUT2D eigenvalue weighted by Crippen LogP contribution is 2.43. The first-order valence-electron chi connectivity index (χ1n) is 8.37. The molecule has 0 spiro atoms. The van der Waals surface area contributed by atoms with E-state index in [0.717, 1.165) is 51.7 Å². The molecule has 1 heterocycles. The van der Waals surface area contributed by atoms with Gasteiger partial charge >= 0.3 is 0 Å². The molecule has 0 radical (unpaired) electrons. The molecule has 1 saturated heterocycles. The monoisotopic (exact) mass is 279 g/mol. The Bertz CT molecular complexity index is 320. The third-order valence-electron chi connectivity index (χ3n) is 5.03. The van der Waals surface area contributed by atoms with Gasteiger partial charge in [0.25, 0.3) is 0 Å². The summed E-state index contributed by atoms with van der Waals surface area (Å²) in [5.41, 5.74) is -0.0648. The number of nitrogens with zero attached hydrogens (tertiary/aromatic N) is 1. The molecule has 0 aromatic rings. The molecule has 3 nitrogen and oxygen atoms in total. The summed E-state index contributed by atoms with van der Waals surface area (Å²) < 4.78 is 11.9. The van der Waals surface area contributed by atoms with Crippen LogP contribution < -0.4 is 0 Å². The predicted molar refractivity (Wildman–Crippen MR) is 79.0 cm³/mol. The van der Waals surface area contributed by atoms with Gasteiger partial charge in [0, 0.05) is 11.8 Å². The second kappa shape index (κ2) is 7.43. The fourth-order valence-electron chi connectivity index (χ4n) is 3.77. The van der Waals surface area contributed by atoms with Crippen molar-refractivity contribution in [2.75, 3.05) is 13.2 Å². The molecule has 2 fully saturated rings. The third-order valence-corrected chi connectivity index (χ3v) is 5.03. The van der Waals surface area contributed by atoms with Crippen LogP contribution in [0.3, 0.4) is 0 Å². The summed E-state index contributed by atoms with van der Waals surface area (Å²) in [5, 5.41) is 9.45. The molecule has 0 aromatic heterocycles. The zero-order chi connectivity index (χ0) is 14.4. The maximum Gasteiger partial charge on any atom is 0.160 e. The van der Waals surface area contributed by atoms with Crippen molar-refractivity contribution in [3.05, 3.63) is 0 Å². The highest BCUT2D eigenvalue weighted by Gasteiger charge is 2.39. The van der Waals surface area contributed by atoms with Gasteiger partial charge in [-0.1, -0.05) is 26.7 Å². The van der Waals surface area contributed by atoms with Gasteiger partial charge < -0.3 is 9.47 Å². The van der Waals surface area contributed by atoms with Crippen molar-refractivity contribution >= 4 is 0 Å². The lowest BCUT2D eigenvalue weighted by atomic mass is 9.69. The van der Waals surface area contributed by atoms with Crippen molar-refractivity contribution in [1.82, 2.24) is 0 Å². The average molecular weight is 279 g/mol. The molecular weight excluding hydrogens is 250 g/mol. The minimum Gasteiger partial charge on any atom is -0.352 e. The maximum atomic E-state index is 9.45. The molecule has 2 aliphatic rings. The van der Waals surface area contributed by atoms with E-state index in [2.05, 4.69) is 19.9 Å². The lowest BCUT2D eigenvalue weighted by Crippen LogP contribution is -2.40. The Hall–Kier alpha value is -0.590. The SMILES string of the molecule is CCCC1COC(C2CCC(C#N)(CCC)CC2)OC1. The third kappa shape index (κ3) is 3.74. The second-order valence-corrected chi connectivity index (χ2v) is 6.67. The van der Waals surface area contributed by atoms with Gasteiger partial charge in [-0.3, -0.25) is 0 Å². The Morgan fingerprint density at radius 1 is 1.10 bits per heavy atom. The van der Waals surface area contributed by atoms with E-state index in [1.165, 1.54) is 12.8 Å². The van der Waals surface area contributed by atoms with Crippen molar-refractivity contribution in [1.29, 1.82) is 5.26 Å². The lowest BCUT2D eigenvalue weighted by molar-refractivity contribution is -0.231. The molecular formula is C17H29NO2. The van der Waals surface area contributed by atoms with Crippen molar-refractivity contribution < 1.29 is 9.47 Å². The standard InChI is InChI=1S/C17H29NO2/c1-3-5-14-11-19-16(20-12-14)15-6-9-17(13-18,8-4-2)10-7-15/h14-16H,3-12H2,1-2H3. The fraction of sp³-hybridized carbons (Fsp3) is 0.941. The van der Waals surface area contributed by atoms with Gasteiger partial charge in [-0.2, -0.15) is 5.26 Å². The topological polar surface area (TPSA) is 42.2 Å². The van der Waals surface area contributed by atoms with Crippen LogP contribution in [0.25, 0.3) is 0 Å². The van der Waals surface area contributed by atoms with Crippen LogP contribution in [0.15, 0.2) is 0 Å². The molecule has 3 heteroatoms. The van der Waals surface area contributed by atoms with Gasteiger partial charge in [-0.15, -0.1) is 0 Å². The molecule has 0 aromatic carbocycles. The van der Waals surface area contributed by atoms with E-state index in [1.54, 1.807) is 0 Å². The summed E-state index contributed by atoms with van der Waals surface area (Å²) in [6.45, 7) is 6.09. The van der Waals surface area contributed by atoms with Crippen molar-refractivity contribution in [2.24, 2.45) is 17.3 Å². The second-order valence-electron chi connectivity index (χ2n) is 6.67. The number of hydrogen-bond donors (Lipinski definition) is 0. The first kappa shape index (κ1) is 15.8. The molecule has 114 valence electrons. The smallest absolute Gasteiger partial charge is 0.160 e. The number of hydrogen-bond acceptors (Lipinski definition) is 3. The van der Waals surface area contributed by atoms with Crippen LogP contribution in [0.2, 0.25) is 0 Å². The van der Waals surface area contributed by atoms with Crippen LogP contribution in [-0.2, 0) is 9.47 Å². The van der Waals surface area contributed by atoms with Gasteiger partial charge in [-0.05, 0) is 38.5 Å². The summed E-state index contributed by atoms with van der Waals surface area (Å²) in [5.74, 6) is 1.08. The van der Waals surface area contributed by atoms with Crippen molar-refractivity contribution in [2.45, 2.75) is 71.5 Å². The van der Waals surface area contributed by atoms with E-state index >= 15 is 0 Å². The molecule has 0 N–H and O–H groups in total. The molecule has 2 rings (SSSR count). The first-order valence-corrected chi connectivity index (χ1v) is 8.37. The fourth-order valence-corrected chi connectivity index (χ4v) is 3.77. The number of ether oxygens (including phenoxy) is 2. The normalized spacial score (nSPS) is 38.4. The predicted octanol–water partition coefficient (Wildman–Crippen LogP) is 4.28. The van der Waals surface area contributed by atoms with E-state index in [-0.39, 0.29) is 11.7 Å². The quantitative estimate of drug-likeness (QED) is 0.754. The van der Waals surface area contributed by atoms with Crippen LogP contribution in [-0.4, -0.2) is 19.5 Å². The average Bonchev–Trinajstić information content (AvgIpc) is 2.50. The van der Waals surface area contributed by atoms with Crippen molar-refractivity contribution in [3.8, 4) is 6.07 Å². The Morgan fingerprint density at radius 3 is 2.25 bits per heavy atom. The molecule has 1 aliphatic carbocycles. The van der Waals surface area contributed by atoms with E-state index < -0.39 is 0 Å². The largest absolute Gasteiger partial charge is 0.352 e. The first-order chi connectivity index (χ1) is 9.73. The van der Waals surface area contributed by atoms with Crippen LogP contribution in [0.1, 0.15) is 65.2 Å². The van der Waals surface area contributed by atoms with Gasteiger partial charge in [0.2, 0.25) is 0 Å². The summed E-state index contributed by atoms with van der Waals surface area (Å²) in [6.07, 6.45) is 8.73. The zero-order valence-corrected chi connectivity index (χ0v) is 13.1. The van der Waals surface area contributed by atoms with Crippen LogP contribution >= 0.6 is 0 Å². The Labute approximate surface area is 123 Å². The molecule has 20 heavy (non-hydrogen) atoms. The number of nitriles is 1. The summed E-state index contributed by atoms with van der Waals surface area (Å²) in [6, 6.07) is 2.58. The summed E-state index contributed by atoms with van der Waals surface area (Å²) in [7, 11) is 0. The minimum atomic E-state index is -0.0648. The Balaban J connectivity index is 1.79. The number of rotatable bonds is 5. The van der Waals surface area contributed by atoms with Gasteiger partial charge in [0.15, 0.2) is 6.29 Å². The molecule has 0 atom stereocenters. The van der Waals surface area contributed by atoms with E-state index in [9.17, 15) is 5.26 Å². The van der Waals surface area contributed by atoms with E-state index in [1.807, 2.05) is 0 Å². The van der Waals surface area contributed by atoms with Crippen LogP contribution in [0, 0.1) is 28.6 Å². The summed E-state index contributed by atoms with van der Waals surface area (Å²) >= 11 is 0. The maximum absolute atomic E-state index is 9.45. The van der Waals surface area contributed by atoms with Gasteiger partial charge in [0.1, 0.15) is 0 Å². The van der Waals surface area contributed by atoms with Gasteiger partial charge in [-0.25, -0.2) is 0 Å². The summed E-state index contributed by atoms with van der Waals surface area (Å²) in [4.78, 5) is 0. The molecule has 1 saturated carbocycles. The Morgan fingerprint density at radius 2 is 1.75 bits per heavy atom. The Kier molecular flexibility index (Phi) is 5.86. The highest BCUT2D eigenvalue weighted by molar-refractivity contribution is 5.01. The molecule has 0 amide bonds. The van der Waals surface area contributed by atoms with E-state index in [4.69, 9.17) is 9.47 Å². The minimum absolute atomic E-state index is 0.0126. The molecule has 0 unspecified atom stereocenters. The van der Waals surface area contributed by atoms with E-state index in [0.29, 0.717) is 11.8 Å². The van der Waals surface area contributed by atoms with Gasteiger partial charge in [0.05, 0.1) is 24.7 Å². The van der Waals surface area contributed by atoms with Crippen LogP contribution in [0.4, 0.5) is 0 Å². The van der Waals surface area contributed by atoms with Crippen LogP contribution in [0.5, 0.6) is 0 Å². The zero-order valence-electron chi connectivity index (χ0n) is 13.1. The lowest BCUT2D eigenvalue weighted by Gasteiger charge is -2.40. The van der Waals surface area contributed by atoms with Crippen molar-refractivity contribution in [3.63, 3.8) is 0 Å².